The molecule has 0 saturated heterocycles. The van der Waals surface area contributed by atoms with Gasteiger partial charge in [-0.25, -0.2) is 4.79 Å². The van der Waals surface area contributed by atoms with Crippen molar-refractivity contribution in [2.24, 2.45) is 0 Å². The molecule has 0 bridgehead atoms. The largest absolute Gasteiger partial charge is 0.478 e. The van der Waals surface area contributed by atoms with Gasteiger partial charge in [0.2, 0.25) is 0 Å². The van der Waals surface area contributed by atoms with E-state index in [1.54, 1.807) is 0 Å². The zero-order valence-corrected chi connectivity index (χ0v) is 18.5. The van der Waals surface area contributed by atoms with Crippen molar-refractivity contribution in [2.45, 2.75) is 52.7 Å². The Kier molecular flexibility index (Phi) is 7.35. The fourth-order valence-corrected chi connectivity index (χ4v) is 4.12. The Labute approximate surface area is 183 Å². The van der Waals surface area contributed by atoms with Crippen LogP contribution in [0.1, 0.15) is 51.8 Å². The predicted octanol–water partition coefficient (Wildman–Crippen LogP) is 5.62. The summed E-state index contributed by atoms with van der Waals surface area (Å²) in [5.74, 6) is -0.880. The van der Waals surface area contributed by atoms with E-state index in [1.807, 2.05) is 44.2 Å². The van der Waals surface area contributed by atoms with Crippen molar-refractivity contribution in [3.8, 4) is 0 Å². The highest BCUT2D eigenvalue weighted by molar-refractivity contribution is 6.30. The van der Waals surface area contributed by atoms with Gasteiger partial charge in [-0.3, -0.25) is 0 Å². The minimum absolute atomic E-state index is 0.280. The van der Waals surface area contributed by atoms with Crippen LogP contribution in [0.3, 0.4) is 0 Å². The Morgan fingerprint density at radius 1 is 1.07 bits per heavy atom. The van der Waals surface area contributed by atoms with Gasteiger partial charge in [-0.05, 0) is 56.9 Å². The van der Waals surface area contributed by atoms with Crippen LogP contribution in [0.15, 0.2) is 54.6 Å². The second kappa shape index (κ2) is 9.96. The van der Waals surface area contributed by atoms with E-state index in [4.69, 9.17) is 11.6 Å². The Morgan fingerprint density at radius 2 is 1.77 bits per heavy atom. The standard InChI is InChI=1S/C25H29ClN2O2/c1-17(12-13-20-8-5-4-6-9-20)27-15-23-18(2)28(19(3)24(23)25(29)30)16-21-10-7-11-22(26)14-21/h4-11,14,17,27H,12-13,15-16H2,1-3H3,(H,29,30). The van der Waals surface area contributed by atoms with Gasteiger partial charge < -0.3 is 15.0 Å². The van der Waals surface area contributed by atoms with E-state index < -0.39 is 5.97 Å². The zero-order chi connectivity index (χ0) is 21.7. The molecule has 0 amide bonds. The third-order valence-corrected chi connectivity index (χ3v) is 5.92. The molecule has 0 fully saturated rings. The summed E-state index contributed by atoms with van der Waals surface area (Å²) >= 11 is 6.12. The molecule has 5 heteroatoms. The first-order chi connectivity index (χ1) is 14.4. The van der Waals surface area contributed by atoms with Crippen LogP contribution in [0.2, 0.25) is 5.02 Å². The molecular formula is C25H29ClN2O2. The number of hydrogen-bond acceptors (Lipinski definition) is 2. The molecule has 158 valence electrons. The first-order valence-corrected chi connectivity index (χ1v) is 10.7. The number of halogens is 1. The molecule has 2 aromatic carbocycles. The van der Waals surface area contributed by atoms with Gasteiger partial charge in [0.05, 0.1) is 5.56 Å². The fourth-order valence-electron chi connectivity index (χ4n) is 3.91. The van der Waals surface area contributed by atoms with Crippen molar-refractivity contribution >= 4 is 17.6 Å². The highest BCUT2D eigenvalue weighted by Crippen LogP contribution is 2.25. The molecule has 3 aromatic rings. The number of aromatic carboxylic acids is 1. The lowest BCUT2D eigenvalue weighted by atomic mass is 10.1. The number of aryl methyl sites for hydroxylation is 1. The minimum Gasteiger partial charge on any atom is -0.478 e. The van der Waals surface area contributed by atoms with E-state index in [2.05, 4.69) is 41.1 Å². The lowest BCUT2D eigenvalue weighted by Crippen LogP contribution is -2.27. The van der Waals surface area contributed by atoms with Crippen molar-refractivity contribution in [1.29, 1.82) is 0 Å². The summed E-state index contributed by atoms with van der Waals surface area (Å²) in [6.45, 7) is 7.16. The summed E-state index contributed by atoms with van der Waals surface area (Å²) in [6, 6.07) is 18.4. The van der Waals surface area contributed by atoms with Gasteiger partial charge in [0.1, 0.15) is 0 Å². The molecule has 0 aliphatic rings. The average molecular weight is 425 g/mol. The molecule has 0 saturated carbocycles. The number of rotatable bonds is 9. The predicted molar refractivity (Wildman–Crippen MR) is 122 cm³/mol. The Hall–Kier alpha value is -2.56. The topological polar surface area (TPSA) is 54.3 Å². The van der Waals surface area contributed by atoms with E-state index in [-0.39, 0.29) is 6.04 Å². The molecule has 3 rings (SSSR count). The maximum Gasteiger partial charge on any atom is 0.337 e. The van der Waals surface area contributed by atoms with Crippen molar-refractivity contribution < 1.29 is 9.90 Å². The van der Waals surface area contributed by atoms with Crippen LogP contribution in [0, 0.1) is 13.8 Å². The van der Waals surface area contributed by atoms with Crippen LogP contribution >= 0.6 is 11.6 Å². The lowest BCUT2D eigenvalue weighted by Gasteiger charge is -2.15. The fraction of sp³-hybridized carbons (Fsp3) is 0.320. The second-order valence-electron chi connectivity index (χ2n) is 7.85. The molecule has 1 heterocycles. The summed E-state index contributed by atoms with van der Waals surface area (Å²) in [4.78, 5) is 12.0. The van der Waals surface area contributed by atoms with Gasteiger partial charge in [-0.2, -0.15) is 0 Å². The number of hydrogen-bond donors (Lipinski definition) is 2. The first kappa shape index (κ1) is 22.1. The van der Waals surface area contributed by atoms with Crippen LogP contribution < -0.4 is 5.32 Å². The van der Waals surface area contributed by atoms with Crippen LogP contribution in [-0.2, 0) is 19.5 Å². The van der Waals surface area contributed by atoms with Gasteiger partial charge in [-0.15, -0.1) is 0 Å². The van der Waals surface area contributed by atoms with E-state index in [0.717, 1.165) is 35.4 Å². The molecule has 0 aliphatic carbocycles. The van der Waals surface area contributed by atoms with Crippen molar-refractivity contribution in [3.05, 3.63) is 93.3 Å². The number of benzene rings is 2. The summed E-state index contributed by atoms with van der Waals surface area (Å²) in [5.41, 5.74) is 5.38. The molecule has 1 unspecified atom stereocenters. The maximum absolute atomic E-state index is 12.0. The smallest absolute Gasteiger partial charge is 0.337 e. The lowest BCUT2D eigenvalue weighted by molar-refractivity contribution is 0.0694. The summed E-state index contributed by atoms with van der Waals surface area (Å²) in [7, 11) is 0. The molecule has 0 radical (unpaired) electrons. The number of nitrogens with zero attached hydrogens (tertiary/aromatic N) is 1. The molecule has 0 spiro atoms. The monoisotopic (exact) mass is 424 g/mol. The minimum atomic E-state index is -0.880. The number of carboxylic acids is 1. The normalized spacial score (nSPS) is 12.1. The molecule has 2 N–H and O–H groups in total. The maximum atomic E-state index is 12.0. The van der Waals surface area contributed by atoms with Crippen molar-refractivity contribution in [3.63, 3.8) is 0 Å². The number of nitrogens with one attached hydrogen (secondary N) is 1. The number of carbonyl (C=O) groups is 1. The third kappa shape index (κ3) is 5.32. The molecule has 1 atom stereocenters. The SMILES string of the molecule is Cc1c(CNC(C)CCc2ccccc2)c(C(=O)O)c(C)n1Cc1cccc(Cl)c1. The molecule has 0 aliphatic heterocycles. The van der Waals surface area contributed by atoms with Gasteiger partial charge in [0, 0.05) is 41.1 Å². The van der Waals surface area contributed by atoms with E-state index in [9.17, 15) is 9.90 Å². The highest BCUT2D eigenvalue weighted by Gasteiger charge is 2.23. The van der Waals surface area contributed by atoms with E-state index in [1.165, 1.54) is 5.56 Å². The molecule has 1 aromatic heterocycles. The number of aromatic nitrogens is 1. The first-order valence-electron chi connectivity index (χ1n) is 10.3. The molecule has 4 nitrogen and oxygen atoms in total. The molecular weight excluding hydrogens is 396 g/mol. The number of carboxylic acid groups (broad SMARTS) is 1. The van der Waals surface area contributed by atoms with Gasteiger partial charge in [0.15, 0.2) is 0 Å². The van der Waals surface area contributed by atoms with Crippen LogP contribution in [-0.4, -0.2) is 21.7 Å². The Morgan fingerprint density at radius 3 is 2.43 bits per heavy atom. The molecule has 30 heavy (non-hydrogen) atoms. The van der Waals surface area contributed by atoms with Crippen LogP contribution in [0.5, 0.6) is 0 Å². The van der Waals surface area contributed by atoms with Crippen LogP contribution in [0.4, 0.5) is 0 Å². The van der Waals surface area contributed by atoms with Crippen molar-refractivity contribution in [2.75, 3.05) is 0 Å². The highest BCUT2D eigenvalue weighted by atomic mass is 35.5. The van der Waals surface area contributed by atoms with E-state index in [0.29, 0.717) is 23.7 Å². The zero-order valence-electron chi connectivity index (χ0n) is 17.8. The summed E-state index contributed by atoms with van der Waals surface area (Å²) in [6.07, 6.45) is 1.99. The Bertz CT molecular complexity index is 1010. The van der Waals surface area contributed by atoms with Gasteiger partial charge >= 0.3 is 5.97 Å². The van der Waals surface area contributed by atoms with E-state index >= 15 is 0 Å². The average Bonchev–Trinajstić information content (AvgIpc) is 2.96. The quantitative estimate of drug-likeness (QED) is 0.469. The third-order valence-electron chi connectivity index (χ3n) is 5.69. The van der Waals surface area contributed by atoms with Gasteiger partial charge in [-0.1, -0.05) is 54.1 Å². The van der Waals surface area contributed by atoms with Crippen LogP contribution in [0.25, 0.3) is 0 Å². The van der Waals surface area contributed by atoms with Crippen molar-refractivity contribution in [1.82, 2.24) is 9.88 Å². The van der Waals surface area contributed by atoms with Gasteiger partial charge in [0.25, 0.3) is 0 Å². The Balaban J connectivity index is 1.74. The summed E-state index contributed by atoms with van der Waals surface area (Å²) in [5, 5.41) is 14.1. The summed E-state index contributed by atoms with van der Waals surface area (Å²) < 4.78 is 2.07. The second-order valence-corrected chi connectivity index (χ2v) is 8.29.